The van der Waals surface area contributed by atoms with Crippen molar-refractivity contribution < 1.29 is 18.7 Å². The SMILES string of the molecule is CCOC(=O)c1cc(-c2ccc(/C=C(\C#N)C(=O)Nc3cccc(C)c3C)o2)ccc1Cl. The predicted molar refractivity (Wildman–Crippen MR) is 123 cm³/mol. The second kappa shape index (κ2) is 9.99. The Bertz CT molecular complexity index is 1250. The van der Waals surface area contributed by atoms with Gasteiger partial charge in [0.25, 0.3) is 5.91 Å². The van der Waals surface area contributed by atoms with E-state index in [2.05, 4.69) is 5.32 Å². The number of nitriles is 1. The summed E-state index contributed by atoms with van der Waals surface area (Å²) in [6, 6.07) is 15.6. The van der Waals surface area contributed by atoms with Gasteiger partial charge in [-0.15, -0.1) is 0 Å². The number of hydrogen-bond acceptors (Lipinski definition) is 5. The number of nitrogens with one attached hydrogen (secondary N) is 1. The van der Waals surface area contributed by atoms with Crippen LogP contribution in [0.5, 0.6) is 0 Å². The number of carbonyl (C=O) groups excluding carboxylic acids is 2. The topological polar surface area (TPSA) is 92.3 Å². The summed E-state index contributed by atoms with van der Waals surface area (Å²) in [5, 5.41) is 12.5. The summed E-state index contributed by atoms with van der Waals surface area (Å²) in [4.78, 5) is 24.7. The van der Waals surface area contributed by atoms with Gasteiger partial charge in [-0.3, -0.25) is 4.79 Å². The Balaban J connectivity index is 1.85. The van der Waals surface area contributed by atoms with Crippen molar-refractivity contribution in [3.63, 3.8) is 0 Å². The number of benzene rings is 2. The van der Waals surface area contributed by atoms with Crippen molar-refractivity contribution in [3.05, 3.63) is 81.6 Å². The molecule has 1 N–H and O–H groups in total. The first-order chi connectivity index (χ1) is 15.3. The Morgan fingerprint density at radius 3 is 2.69 bits per heavy atom. The molecule has 0 atom stereocenters. The molecule has 0 aliphatic carbocycles. The van der Waals surface area contributed by atoms with Crippen LogP contribution in [0, 0.1) is 25.2 Å². The number of halogens is 1. The van der Waals surface area contributed by atoms with Crippen molar-refractivity contribution in [2.45, 2.75) is 20.8 Å². The average molecular weight is 449 g/mol. The summed E-state index contributed by atoms with van der Waals surface area (Å²) in [5.41, 5.74) is 3.34. The lowest BCUT2D eigenvalue weighted by Crippen LogP contribution is -2.14. The average Bonchev–Trinajstić information content (AvgIpc) is 3.24. The number of nitrogens with zero attached hydrogens (tertiary/aromatic N) is 1. The number of hydrogen-bond donors (Lipinski definition) is 1. The highest BCUT2D eigenvalue weighted by Gasteiger charge is 2.16. The molecule has 0 spiro atoms. The van der Waals surface area contributed by atoms with Crippen molar-refractivity contribution in [3.8, 4) is 17.4 Å². The first-order valence-corrected chi connectivity index (χ1v) is 10.3. The number of anilines is 1. The Morgan fingerprint density at radius 1 is 1.19 bits per heavy atom. The smallest absolute Gasteiger partial charge is 0.339 e. The van der Waals surface area contributed by atoms with E-state index in [9.17, 15) is 14.9 Å². The van der Waals surface area contributed by atoms with Crippen molar-refractivity contribution >= 4 is 35.2 Å². The monoisotopic (exact) mass is 448 g/mol. The van der Waals surface area contributed by atoms with E-state index in [0.29, 0.717) is 22.8 Å². The number of furan rings is 1. The number of carbonyl (C=O) groups is 2. The third kappa shape index (κ3) is 5.08. The van der Waals surface area contributed by atoms with Crippen LogP contribution >= 0.6 is 11.6 Å². The molecular formula is C25H21ClN2O4. The fraction of sp³-hybridized carbons (Fsp3) is 0.160. The Labute approximate surface area is 191 Å². The van der Waals surface area contributed by atoms with Crippen LogP contribution in [0.15, 0.2) is 58.5 Å². The van der Waals surface area contributed by atoms with Gasteiger partial charge < -0.3 is 14.5 Å². The lowest BCUT2D eigenvalue weighted by molar-refractivity contribution is -0.112. The number of esters is 1. The van der Waals surface area contributed by atoms with Crippen LogP contribution in [-0.2, 0) is 9.53 Å². The van der Waals surface area contributed by atoms with Gasteiger partial charge in [0.1, 0.15) is 23.2 Å². The van der Waals surface area contributed by atoms with Gasteiger partial charge in [0, 0.05) is 17.3 Å². The van der Waals surface area contributed by atoms with Gasteiger partial charge in [-0.05, 0) is 68.3 Å². The van der Waals surface area contributed by atoms with Crippen molar-refractivity contribution in [2.75, 3.05) is 11.9 Å². The molecule has 1 aromatic heterocycles. The standard InChI is InChI=1S/C25H21ClN2O4/c1-4-31-25(30)20-13-17(8-10-21(20)26)23-11-9-19(32-23)12-18(14-27)24(29)28-22-7-5-6-15(2)16(22)3/h5-13H,4H2,1-3H3,(H,28,29)/b18-12+. The Hall–Kier alpha value is -3.82. The van der Waals surface area contributed by atoms with Gasteiger partial charge in [0.05, 0.1) is 17.2 Å². The second-order valence-corrected chi connectivity index (χ2v) is 7.40. The molecule has 1 heterocycles. The summed E-state index contributed by atoms with van der Waals surface area (Å²) in [7, 11) is 0. The van der Waals surface area contributed by atoms with Crippen LogP contribution in [0.4, 0.5) is 5.69 Å². The molecule has 0 unspecified atom stereocenters. The van der Waals surface area contributed by atoms with E-state index in [-0.39, 0.29) is 22.8 Å². The lowest BCUT2D eigenvalue weighted by atomic mass is 10.1. The number of aryl methyl sites for hydroxylation is 1. The largest absolute Gasteiger partial charge is 0.462 e. The van der Waals surface area contributed by atoms with Crippen LogP contribution in [-0.4, -0.2) is 18.5 Å². The highest BCUT2D eigenvalue weighted by Crippen LogP contribution is 2.28. The van der Waals surface area contributed by atoms with Gasteiger partial charge in [-0.1, -0.05) is 23.7 Å². The summed E-state index contributed by atoms with van der Waals surface area (Å²) in [6.45, 7) is 5.79. The third-order valence-electron chi connectivity index (χ3n) is 4.88. The van der Waals surface area contributed by atoms with E-state index in [0.717, 1.165) is 11.1 Å². The molecule has 0 aliphatic rings. The summed E-state index contributed by atoms with van der Waals surface area (Å²) in [6.07, 6.45) is 1.37. The number of amides is 1. The second-order valence-electron chi connectivity index (χ2n) is 6.99. The van der Waals surface area contributed by atoms with E-state index < -0.39 is 11.9 Å². The maximum absolute atomic E-state index is 12.6. The molecule has 0 fully saturated rings. The van der Waals surface area contributed by atoms with Crippen molar-refractivity contribution in [1.82, 2.24) is 0 Å². The predicted octanol–water partition coefficient (Wildman–Crippen LogP) is 5.94. The minimum atomic E-state index is -0.532. The number of ether oxygens (including phenoxy) is 1. The van der Waals surface area contributed by atoms with Crippen molar-refractivity contribution in [1.29, 1.82) is 5.26 Å². The normalized spacial score (nSPS) is 11.0. The zero-order chi connectivity index (χ0) is 23.3. The van der Waals surface area contributed by atoms with Crippen LogP contribution in [0.2, 0.25) is 5.02 Å². The van der Waals surface area contributed by atoms with E-state index in [1.54, 1.807) is 43.3 Å². The van der Waals surface area contributed by atoms with E-state index in [1.807, 2.05) is 32.0 Å². The third-order valence-corrected chi connectivity index (χ3v) is 5.21. The minimum Gasteiger partial charge on any atom is -0.462 e. The van der Waals surface area contributed by atoms with Crippen LogP contribution in [0.3, 0.4) is 0 Å². The molecule has 0 saturated heterocycles. The molecule has 0 aliphatic heterocycles. The molecule has 162 valence electrons. The summed E-state index contributed by atoms with van der Waals surface area (Å²) < 4.78 is 10.8. The maximum Gasteiger partial charge on any atom is 0.339 e. The maximum atomic E-state index is 12.6. The van der Waals surface area contributed by atoms with Gasteiger partial charge in [-0.25, -0.2) is 4.79 Å². The Kier molecular flexibility index (Phi) is 7.14. The molecule has 6 nitrogen and oxygen atoms in total. The zero-order valence-electron chi connectivity index (χ0n) is 17.9. The first kappa shape index (κ1) is 22.9. The quantitative estimate of drug-likeness (QED) is 0.286. The molecular weight excluding hydrogens is 428 g/mol. The number of rotatable bonds is 6. The first-order valence-electron chi connectivity index (χ1n) is 9.90. The molecule has 1 amide bonds. The molecule has 0 saturated carbocycles. The fourth-order valence-electron chi connectivity index (χ4n) is 3.00. The highest BCUT2D eigenvalue weighted by atomic mass is 35.5. The molecule has 32 heavy (non-hydrogen) atoms. The molecule has 3 rings (SSSR count). The highest BCUT2D eigenvalue weighted by molar-refractivity contribution is 6.33. The molecule has 3 aromatic rings. The zero-order valence-corrected chi connectivity index (χ0v) is 18.6. The van der Waals surface area contributed by atoms with Crippen LogP contribution < -0.4 is 5.32 Å². The van der Waals surface area contributed by atoms with E-state index >= 15 is 0 Å². The fourth-order valence-corrected chi connectivity index (χ4v) is 3.19. The molecule has 7 heteroatoms. The van der Waals surface area contributed by atoms with Gasteiger partial charge in [-0.2, -0.15) is 5.26 Å². The van der Waals surface area contributed by atoms with E-state index in [4.69, 9.17) is 20.8 Å². The van der Waals surface area contributed by atoms with Crippen molar-refractivity contribution in [2.24, 2.45) is 0 Å². The summed E-state index contributed by atoms with van der Waals surface area (Å²) in [5.74, 6) is -0.290. The minimum absolute atomic E-state index is 0.102. The van der Waals surface area contributed by atoms with Crippen LogP contribution in [0.25, 0.3) is 17.4 Å². The molecule has 0 radical (unpaired) electrons. The van der Waals surface area contributed by atoms with Gasteiger partial charge in [0.15, 0.2) is 0 Å². The van der Waals surface area contributed by atoms with Crippen LogP contribution in [0.1, 0.15) is 34.2 Å². The lowest BCUT2D eigenvalue weighted by Gasteiger charge is -2.09. The summed E-state index contributed by atoms with van der Waals surface area (Å²) >= 11 is 6.11. The van der Waals surface area contributed by atoms with Gasteiger partial charge in [0.2, 0.25) is 0 Å². The Morgan fingerprint density at radius 2 is 1.97 bits per heavy atom. The van der Waals surface area contributed by atoms with Gasteiger partial charge >= 0.3 is 5.97 Å². The molecule has 2 aromatic carbocycles. The van der Waals surface area contributed by atoms with E-state index in [1.165, 1.54) is 6.08 Å². The molecule has 0 bridgehead atoms.